The highest BCUT2D eigenvalue weighted by atomic mass is 16.6. The van der Waals surface area contributed by atoms with Gasteiger partial charge in [-0.15, -0.1) is 0 Å². The van der Waals surface area contributed by atoms with E-state index in [-0.39, 0.29) is 28.4 Å². The molecule has 29 heavy (non-hydrogen) atoms. The molecule has 0 N–H and O–H groups in total. The van der Waals surface area contributed by atoms with Crippen LogP contribution in [0.2, 0.25) is 0 Å². The minimum Gasteiger partial charge on any atom is -0.466 e. The van der Waals surface area contributed by atoms with E-state index in [0.717, 1.165) is 24.7 Å². The third-order valence-electron chi connectivity index (χ3n) is 8.22. The van der Waals surface area contributed by atoms with Gasteiger partial charge in [-0.1, -0.05) is 13.8 Å². The normalized spacial score (nSPS) is 33.0. The first-order chi connectivity index (χ1) is 13.4. The Labute approximate surface area is 178 Å². The Morgan fingerprint density at radius 2 is 1.21 bits per heavy atom. The number of carbonyl (C=O) groups excluding carboxylic acids is 2. The standard InChI is InChI=1S/C17H28O2.C8H16O2/c1-5-16(2,3)15(18)19-17(4)13-7-11-6-12(9-13)10-14(17)8-11;1-5-8(3,4)7(9)10-6-2/h11-14H,5-10H2,1-4H3;5-6H2,1-4H3. The van der Waals surface area contributed by atoms with Crippen molar-refractivity contribution in [1.82, 2.24) is 0 Å². The molecule has 0 saturated heterocycles. The lowest BCUT2D eigenvalue weighted by atomic mass is 9.50. The number of ether oxygens (including phenoxy) is 2. The van der Waals surface area contributed by atoms with E-state index in [1.165, 1.54) is 32.1 Å². The number of carbonyl (C=O) groups is 2. The van der Waals surface area contributed by atoms with E-state index in [1.807, 2.05) is 41.5 Å². The molecule has 0 radical (unpaired) electrons. The van der Waals surface area contributed by atoms with Crippen LogP contribution in [0.15, 0.2) is 0 Å². The van der Waals surface area contributed by atoms with Gasteiger partial charge in [-0.2, -0.15) is 0 Å². The maximum absolute atomic E-state index is 12.5. The zero-order valence-corrected chi connectivity index (χ0v) is 20.1. The molecule has 4 aliphatic carbocycles. The van der Waals surface area contributed by atoms with E-state index in [4.69, 9.17) is 9.47 Å². The van der Waals surface area contributed by atoms with Gasteiger partial charge in [0.05, 0.1) is 17.4 Å². The molecule has 4 bridgehead atoms. The second-order valence-corrected chi connectivity index (χ2v) is 11.1. The fourth-order valence-electron chi connectivity index (χ4n) is 5.24. The maximum atomic E-state index is 12.5. The van der Waals surface area contributed by atoms with Gasteiger partial charge in [0.1, 0.15) is 5.60 Å². The molecule has 4 aliphatic rings. The molecule has 4 nitrogen and oxygen atoms in total. The van der Waals surface area contributed by atoms with Crippen LogP contribution in [0.3, 0.4) is 0 Å². The van der Waals surface area contributed by atoms with Crippen molar-refractivity contribution in [1.29, 1.82) is 0 Å². The molecule has 4 rings (SSSR count). The van der Waals surface area contributed by atoms with Crippen LogP contribution in [0.4, 0.5) is 0 Å². The first kappa shape index (κ1) is 24.2. The molecule has 0 heterocycles. The monoisotopic (exact) mass is 408 g/mol. The van der Waals surface area contributed by atoms with Crippen molar-refractivity contribution in [3.8, 4) is 0 Å². The summed E-state index contributed by atoms with van der Waals surface area (Å²) in [5.74, 6) is 3.02. The molecule has 0 atom stereocenters. The molecule has 4 heteroatoms. The van der Waals surface area contributed by atoms with Gasteiger partial charge >= 0.3 is 11.9 Å². The van der Waals surface area contributed by atoms with Crippen molar-refractivity contribution in [3.05, 3.63) is 0 Å². The summed E-state index contributed by atoms with van der Waals surface area (Å²) in [5, 5.41) is 0. The summed E-state index contributed by atoms with van der Waals surface area (Å²) < 4.78 is 11.0. The predicted octanol–water partition coefficient (Wildman–Crippen LogP) is 6.17. The van der Waals surface area contributed by atoms with Gasteiger partial charge < -0.3 is 9.47 Å². The highest BCUT2D eigenvalue weighted by Gasteiger charge is 2.57. The molecular weight excluding hydrogens is 364 g/mol. The Balaban J connectivity index is 0.000000257. The predicted molar refractivity (Wildman–Crippen MR) is 116 cm³/mol. The number of rotatable bonds is 6. The summed E-state index contributed by atoms with van der Waals surface area (Å²) in [6.45, 7) is 16.4. The summed E-state index contributed by atoms with van der Waals surface area (Å²) >= 11 is 0. The summed E-state index contributed by atoms with van der Waals surface area (Å²) in [7, 11) is 0. The van der Waals surface area contributed by atoms with Crippen molar-refractivity contribution in [2.75, 3.05) is 6.61 Å². The Morgan fingerprint density at radius 3 is 1.59 bits per heavy atom. The summed E-state index contributed by atoms with van der Waals surface area (Å²) in [6, 6.07) is 0. The van der Waals surface area contributed by atoms with E-state index in [1.54, 1.807) is 0 Å². The summed E-state index contributed by atoms with van der Waals surface area (Å²) in [5.41, 5.74) is -0.815. The third-order valence-corrected chi connectivity index (χ3v) is 8.22. The van der Waals surface area contributed by atoms with Crippen molar-refractivity contribution >= 4 is 11.9 Å². The number of esters is 2. The van der Waals surface area contributed by atoms with Crippen LogP contribution in [0.5, 0.6) is 0 Å². The maximum Gasteiger partial charge on any atom is 0.312 e. The molecule has 0 spiro atoms. The van der Waals surface area contributed by atoms with E-state index < -0.39 is 0 Å². The van der Waals surface area contributed by atoms with Gasteiger partial charge in [-0.05, 0) is 110 Å². The third kappa shape index (κ3) is 5.17. The Hall–Kier alpha value is -1.06. The second kappa shape index (κ2) is 8.98. The Kier molecular flexibility index (Phi) is 7.49. The van der Waals surface area contributed by atoms with E-state index >= 15 is 0 Å². The smallest absolute Gasteiger partial charge is 0.312 e. The molecular formula is C25H44O4. The fraction of sp³-hybridized carbons (Fsp3) is 0.920. The van der Waals surface area contributed by atoms with E-state index in [9.17, 15) is 9.59 Å². The molecule has 0 aromatic carbocycles. The van der Waals surface area contributed by atoms with Crippen molar-refractivity contribution in [2.24, 2.45) is 34.5 Å². The van der Waals surface area contributed by atoms with Crippen molar-refractivity contribution in [3.63, 3.8) is 0 Å². The van der Waals surface area contributed by atoms with Crippen LogP contribution in [-0.2, 0) is 19.1 Å². The Bertz CT molecular complexity index is 562. The fourth-order valence-corrected chi connectivity index (χ4v) is 5.24. The summed E-state index contributed by atoms with van der Waals surface area (Å²) in [4.78, 5) is 23.5. The van der Waals surface area contributed by atoms with Gasteiger partial charge in [0.15, 0.2) is 0 Å². The van der Waals surface area contributed by atoms with Crippen LogP contribution in [0, 0.1) is 34.5 Å². The topological polar surface area (TPSA) is 52.6 Å². The van der Waals surface area contributed by atoms with Crippen molar-refractivity contribution in [2.45, 2.75) is 106 Å². The van der Waals surface area contributed by atoms with Gasteiger partial charge in [0.25, 0.3) is 0 Å². The van der Waals surface area contributed by atoms with Crippen molar-refractivity contribution < 1.29 is 19.1 Å². The SMILES string of the molecule is CCC(C)(C)C(=O)OC1(C)C2CC3CC(C2)CC1C3.CCOC(=O)C(C)(C)CC. The number of hydrogen-bond acceptors (Lipinski definition) is 4. The van der Waals surface area contributed by atoms with E-state index in [0.29, 0.717) is 18.4 Å². The van der Waals surface area contributed by atoms with Gasteiger partial charge in [0.2, 0.25) is 0 Å². The Morgan fingerprint density at radius 1 is 0.793 bits per heavy atom. The minimum atomic E-state index is -0.336. The lowest BCUT2D eigenvalue weighted by Gasteiger charge is -2.59. The van der Waals surface area contributed by atoms with Gasteiger partial charge in [0, 0.05) is 0 Å². The second-order valence-electron chi connectivity index (χ2n) is 11.1. The highest BCUT2D eigenvalue weighted by molar-refractivity contribution is 5.76. The quantitative estimate of drug-likeness (QED) is 0.493. The first-order valence-corrected chi connectivity index (χ1v) is 11.8. The van der Waals surface area contributed by atoms with E-state index in [2.05, 4.69) is 13.8 Å². The average Bonchev–Trinajstić information content (AvgIpc) is 2.66. The van der Waals surface area contributed by atoms with Crippen LogP contribution < -0.4 is 0 Å². The molecule has 0 aromatic rings. The zero-order valence-electron chi connectivity index (χ0n) is 20.1. The number of hydrogen-bond donors (Lipinski definition) is 0. The molecule has 4 fully saturated rings. The lowest BCUT2D eigenvalue weighted by molar-refractivity contribution is -0.211. The van der Waals surface area contributed by atoms with Gasteiger partial charge in [-0.3, -0.25) is 9.59 Å². The first-order valence-electron chi connectivity index (χ1n) is 11.8. The molecule has 4 saturated carbocycles. The molecule has 0 aliphatic heterocycles. The summed E-state index contributed by atoms with van der Waals surface area (Å²) in [6.07, 6.45) is 8.30. The highest BCUT2D eigenvalue weighted by Crippen LogP contribution is 2.59. The molecule has 0 aromatic heterocycles. The van der Waals surface area contributed by atoms with Crippen LogP contribution in [0.1, 0.15) is 100 Å². The molecule has 168 valence electrons. The van der Waals surface area contributed by atoms with Gasteiger partial charge in [-0.25, -0.2) is 0 Å². The van der Waals surface area contributed by atoms with Crippen LogP contribution in [-0.4, -0.2) is 24.1 Å². The largest absolute Gasteiger partial charge is 0.466 e. The van der Waals surface area contributed by atoms with Crippen LogP contribution >= 0.6 is 0 Å². The molecule has 0 amide bonds. The zero-order chi connectivity index (χ0) is 22.0. The minimum absolute atomic E-state index is 0.0185. The molecule has 0 unspecified atom stereocenters. The average molecular weight is 409 g/mol. The van der Waals surface area contributed by atoms with Crippen LogP contribution in [0.25, 0.3) is 0 Å². The lowest BCUT2D eigenvalue weighted by Crippen LogP contribution is -2.58.